The van der Waals surface area contributed by atoms with Gasteiger partial charge in [0.25, 0.3) is 0 Å². The normalized spacial score (nSPS) is 16.4. The van der Waals surface area contributed by atoms with Gasteiger partial charge in [-0.05, 0) is 55.4 Å². The van der Waals surface area contributed by atoms with Crippen LogP contribution in [-0.2, 0) is 90.6 Å². The Kier molecular flexibility index (Phi) is 18.5. The van der Waals surface area contributed by atoms with Crippen LogP contribution >= 0.6 is 0 Å². The topological polar surface area (TPSA) is 343 Å². The molecule has 0 fully saturated rings. The third kappa shape index (κ3) is 16.3. The van der Waals surface area contributed by atoms with Crippen LogP contribution in [0.3, 0.4) is 0 Å². The van der Waals surface area contributed by atoms with Gasteiger partial charge < -0.3 is 58.3 Å². The van der Waals surface area contributed by atoms with Crippen LogP contribution in [0.5, 0.6) is 0 Å². The Balaban J connectivity index is 5.91. The maximum Gasteiger partial charge on any atom is 0.347 e. The first-order valence-electron chi connectivity index (χ1n) is 15.3. The van der Waals surface area contributed by atoms with Gasteiger partial charge in [-0.1, -0.05) is 0 Å². The number of carboxylic acids is 3. The van der Waals surface area contributed by atoms with Gasteiger partial charge in [0.1, 0.15) is 0 Å². The van der Waals surface area contributed by atoms with E-state index in [1.165, 1.54) is 0 Å². The second kappa shape index (κ2) is 20.8. The Morgan fingerprint density at radius 3 is 0.830 bits per heavy atom. The number of aliphatic hydroxyl groups is 1. The predicted octanol–water partition coefficient (Wildman–Crippen LogP) is -1.79. The summed E-state index contributed by atoms with van der Waals surface area (Å²) >= 11 is 0. The molecule has 0 spiro atoms. The molecule has 0 aromatic carbocycles. The summed E-state index contributed by atoms with van der Waals surface area (Å²) in [5.41, 5.74) is -3.30. The molecule has 8 atom stereocenters. The highest BCUT2D eigenvalue weighted by molar-refractivity contribution is 5.93. The molecule has 0 rings (SSSR count). The highest BCUT2D eigenvalue weighted by Gasteiger charge is 2.46. The van der Waals surface area contributed by atoms with E-state index >= 15 is 0 Å². The van der Waals surface area contributed by atoms with Gasteiger partial charge in [-0.15, -0.1) is 0 Å². The molecule has 0 heterocycles. The third-order valence-corrected chi connectivity index (χ3v) is 6.32. The average molecular weight is 769 g/mol. The zero-order chi connectivity index (χ0) is 41.5. The Morgan fingerprint density at radius 1 is 0.377 bits per heavy atom. The van der Waals surface area contributed by atoms with E-state index in [1.54, 1.807) is 0 Å². The Hall–Kier alpha value is -5.87. The zero-order valence-corrected chi connectivity index (χ0v) is 29.6. The van der Waals surface area contributed by atoms with Gasteiger partial charge in [0.2, 0.25) is 0 Å². The molecule has 0 aromatic heterocycles. The molecule has 298 valence electrons. The third-order valence-electron chi connectivity index (χ3n) is 6.32. The van der Waals surface area contributed by atoms with Crippen molar-refractivity contribution in [3.05, 3.63) is 0 Å². The molecule has 0 aromatic rings. The van der Waals surface area contributed by atoms with Crippen LogP contribution in [0, 0.1) is 0 Å². The van der Waals surface area contributed by atoms with E-state index in [0.29, 0.717) is 0 Å². The van der Waals surface area contributed by atoms with Crippen LogP contribution in [0.25, 0.3) is 0 Å². The summed E-state index contributed by atoms with van der Waals surface area (Å²) in [5.74, 6) is -16.5. The van der Waals surface area contributed by atoms with Gasteiger partial charge in [0.15, 0.2) is 54.4 Å². The maximum absolute atomic E-state index is 13.0. The Bertz CT molecular complexity index is 1360. The van der Waals surface area contributed by atoms with Crippen molar-refractivity contribution in [3.8, 4) is 0 Å². The van der Waals surface area contributed by atoms with Crippen molar-refractivity contribution in [2.75, 3.05) is 0 Å². The molecule has 53 heavy (non-hydrogen) atoms. The van der Waals surface area contributed by atoms with Crippen LogP contribution < -0.4 is 0 Å². The average Bonchev–Trinajstić information content (AvgIpc) is 3.03. The van der Waals surface area contributed by atoms with Crippen LogP contribution in [0.15, 0.2) is 0 Å². The second-order valence-corrected chi connectivity index (χ2v) is 11.1. The van der Waals surface area contributed by atoms with Crippen LogP contribution in [0.4, 0.5) is 0 Å². The van der Waals surface area contributed by atoms with Crippen molar-refractivity contribution < 1.29 is 111 Å². The van der Waals surface area contributed by atoms with Crippen molar-refractivity contribution >= 4 is 65.7 Å². The quantitative estimate of drug-likeness (QED) is 0.0739. The Labute approximate surface area is 299 Å². The largest absolute Gasteiger partial charge is 0.479 e. The van der Waals surface area contributed by atoms with Gasteiger partial charge in [-0.25, -0.2) is 43.2 Å². The highest BCUT2D eigenvalue weighted by Crippen LogP contribution is 2.22. The minimum Gasteiger partial charge on any atom is -0.479 e. The SMILES string of the molecule is CC(OC(=O)C(C)OC(=O)C(C)OC(=O)CC(O)(CC(=O)OC(C)C(=O)OC(C)C(=O)OC(C)C(=O)O)C(=O)OC(C)C(=O)OC(C)C(=O)O)C(=O)O. The number of ether oxygens (including phenoxy) is 8. The maximum atomic E-state index is 13.0. The first-order chi connectivity index (χ1) is 24.2. The molecule has 0 amide bonds. The predicted molar refractivity (Wildman–Crippen MR) is 162 cm³/mol. The molecule has 23 heteroatoms. The van der Waals surface area contributed by atoms with Gasteiger partial charge in [-0.3, -0.25) is 9.59 Å². The number of rotatable bonds is 21. The molecule has 4 N–H and O–H groups in total. The number of carboxylic acid groups (broad SMARTS) is 3. The standard InChI is InChI=1S/C30H40O23/c1-11(21(33)34)48-26(41)16(6)51-24(39)14(4)46-19(31)9-30(45,29(44)53-18(8)28(43)50-13(3)23(37)38)10-20(32)47-15(5)25(40)52-17(7)27(42)49-12(2)22(35)36/h11-18,45H,9-10H2,1-8H3,(H,33,34)(H,35,36)(H,37,38). The molecule has 8 unspecified atom stereocenters. The lowest BCUT2D eigenvalue weighted by Crippen LogP contribution is -2.48. The fraction of sp³-hybridized carbons (Fsp3) is 0.633. The summed E-state index contributed by atoms with van der Waals surface area (Å²) in [5, 5.41) is 37.7. The van der Waals surface area contributed by atoms with E-state index in [1.807, 2.05) is 0 Å². The summed E-state index contributed by atoms with van der Waals surface area (Å²) in [7, 11) is 0. The second-order valence-electron chi connectivity index (χ2n) is 11.1. The van der Waals surface area contributed by atoms with Crippen LogP contribution in [0.1, 0.15) is 68.2 Å². The fourth-order valence-electron chi connectivity index (χ4n) is 3.17. The number of carbonyl (C=O) groups excluding carboxylic acids is 8. The van der Waals surface area contributed by atoms with Gasteiger partial charge in [0.05, 0.1) is 12.8 Å². The van der Waals surface area contributed by atoms with Crippen LogP contribution in [-0.4, -0.2) is 141 Å². The lowest BCUT2D eigenvalue weighted by molar-refractivity contribution is -0.192. The summed E-state index contributed by atoms with van der Waals surface area (Å²) in [6, 6.07) is 0. The number of aliphatic carboxylic acids is 3. The molecular formula is C30H40O23. The summed E-state index contributed by atoms with van der Waals surface area (Å²) < 4.78 is 37.6. The molecule has 0 saturated heterocycles. The van der Waals surface area contributed by atoms with Crippen molar-refractivity contribution in [1.29, 1.82) is 0 Å². The van der Waals surface area contributed by atoms with Crippen LogP contribution in [0.2, 0.25) is 0 Å². The summed E-state index contributed by atoms with van der Waals surface area (Å²) in [4.78, 5) is 132. The molecule has 23 nitrogen and oxygen atoms in total. The van der Waals surface area contributed by atoms with E-state index in [0.717, 1.165) is 55.4 Å². The first kappa shape index (κ1) is 47.1. The Morgan fingerprint density at radius 2 is 0.585 bits per heavy atom. The van der Waals surface area contributed by atoms with Crippen molar-refractivity contribution in [3.63, 3.8) is 0 Å². The monoisotopic (exact) mass is 768 g/mol. The van der Waals surface area contributed by atoms with Gasteiger partial charge in [0, 0.05) is 0 Å². The van der Waals surface area contributed by atoms with E-state index < -0.39 is 133 Å². The molecule has 0 aliphatic rings. The molecule has 0 radical (unpaired) electrons. The van der Waals surface area contributed by atoms with Crippen molar-refractivity contribution in [2.24, 2.45) is 0 Å². The lowest BCUT2D eigenvalue weighted by Gasteiger charge is -2.27. The fourth-order valence-corrected chi connectivity index (χ4v) is 3.17. The minimum atomic E-state index is -3.30. The number of carbonyl (C=O) groups is 11. The van der Waals surface area contributed by atoms with E-state index in [4.69, 9.17) is 39.0 Å². The summed E-state index contributed by atoms with van der Waals surface area (Å²) in [6.07, 6.45) is -17.1. The molecule has 0 aliphatic heterocycles. The van der Waals surface area contributed by atoms with Crippen molar-refractivity contribution in [1.82, 2.24) is 0 Å². The lowest BCUT2D eigenvalue weighted by atomic mass is 9.95. The number of hydrogen-bond donors (Lipinski definition) is 4. The molecule has 0 aliphatic carbocycles. The number of hydrogen-bond acceptors (Lipinski definition) is 20. The highest BCUT2D eigenvalue weighted by atomic mass is 16.6. The smallest absolute Gasteiger partial charge is 0.347 e. The number of esters is 8. The molecule has 0 bridgehead atoms. The van der Waals surface area contributed by atoms with Gasteiger partial charge in [-0.2, -0.15) is 0 Å². The van der Waals surface area contributed by atoms with Gasteiger partial charge >= 0.3 is 65.7 Å². The van der Waals surface area contributed by atoms with E-state index in [2.05, 4.69) is 14.2 Å². The van der Waals surface area contributed by atoms with E-state index in [-0.39, 0.29) is 0 Å². The van der Waals surface area contributed by atoms with Crippen molar-refractivity contribution in [2.45, 2.75) is 123 Å². The molecule has 0 saturated carbocycles. The summed E-state index contributed by atoms with van der Waals surface area (Å²) in [6.45, 7) is 7.67. The molecular weight excluding hydrogens is 728 g/mol. The first-order valence-corrected chi connectivity index (χ1v) is 15.3. The minimum absolute atomic E-state index is 0.870. The zero-order valence-electron chi connectivity index (χ0n) is 29.6. The van der Waals surface area contributed by atoms with E-state index in [9.17, 15) is 57.8 Å².